The van der Waals surface area contributed by atoms with Crippen LogP contribution in [0.15, 0.2) is 11.2 Å². The van der Waals surface area contributed by atoms with Crippen LogP contribution in [0.3, 0.4) is 0 Å². The third-order valence-corrected chi connectivity index (χ3v) is 4.72. The van der Waals surface area contributed by atoms with E-state index in [1.165, 1.54) is 11.8 Å². The molecule has 1 aromatic rings. The SMILES string of the molecule is CC(C(N)=NCCSCc1cnc(CN(C)C)s1)[N+](=O)[O-]. The molecular weight excluding hydrogens is 310 g/mol. The third-order valence-electron chi connectivity index (χ3n) is 2.57. The van der Waals surface area contributed by atoms with E-state index in [2.05, 4.69) is 14.9 Å². The first kappa shape index (κ1) is 17.9. The normalized spacial score (nSPS) is 13.6. The highest BCUT2D eigenvalue weighted by molar-refractivity contribution is 7.98. The number of nitro groups is 1. The maximum Gasteiger partial charge on any atom is 0.266 e. The van der Waals surface area contributed by atoms with Crippen molar-refractivity contribution in [3.63, 3.8) is 0 Å². The monoisotopic (exact) mass is 331 g/mol. The van der Waals surface area contributed by atoms with E-state index in [0.29, 0.717) is 6.54 Å². The van der Waals surface area contributed by atoms with Crippen LogP contribution in [0.5, 0.6) is 0 Å². The summed E-state index contributed by atoms with van der Waals surface area (Å²) in [6, 6.07) is -0.912. The van der Waals surface area contributed by atoms with Crippen molar-refractivity contribution in [2.24, 2.45) is 10.7 Å². The van der Waals surface area contributed by atoms with Gasteiger partial charge in [-0.2, -0.15) is 11.8 Å². The average molecular weight is 331 g/mol. The van der Waals surface area contributed by atoms with Crippen LogP contribution in [0, 0.1) is 10.1 Å². The number of thioether (sulfide) groups is 1. The number of rotatable bonds is 9. The van der Waals surface area contributed by atoms with Crippen LogP contribution in [0.4, 0.5) is 0 Å². The van der Waals surface area contributed by atoms with Gasteiger partial charge in [0.25, 0.3) is 6.04 Å². The Balaban J connectivity index is 2.26. The molecule has 0 aliphatic heterocycles. The van der Waals surface area contributed by atoms with Gasteiger partial charge >= 0.3 is 0 Å². The summed E-state index contributed by atoms with van der Waals surface area (Å²) in [5, 5.41) is 11.6. The van der Waals surface area contributed by atoms with Gasteiger partial charge in [-0.15, -0.1) is 11.3 Å². The summed E-state index contributed by atoms with van der Waals surface area (Å²) in [6.07, 6.45) is 1.91. The summed E-state index contributed by atoms with van der Waals surface area (Å²) in [4.78, 5) is 21.8. The van der Waals surface area contributed by atoms with Crippen molar-refractivity contribution in [1.82, 2.24) is 9.88 Å². The number of nitrogens with two attached hydrogens (primary N) is 1. The van der Waals surface area contributed by atoms with Crippen molar-refractivity contribution in [3.05, 3.63) is 26.2 Å². The van der Waals surface area contributed by atoms with Gasteiger partial charge in [0.2, 0.25) is 0 Å². The highest BCUT2D eigenvalue weighted by Gasteiger charge is 2.16. The minimum absolute atomic E-state index is 0.0895. The van der Waals surface area contributed by atoms with E-state index >= 15 is 0 Å². The molecule has 1 heterocycles. The van der Waals surface area contributed by atoms with Crippen LogP contribution in [-0.4, -0.2) is 53.1 Å². The second-order valence-electron chi connectivity index (χ2n) is 4.78. The van der Waals surface area contributed by atoms with E-state index in [1.54, 1.807) is 23.1 Å². The molecular formula is C12H21N5O2S2. The largest absolute Gasteiger partial charge is 0.382 e. The summed E-state index contributed by atoms with van der Waals surface area (Å²) < 4.78 is 0. The topological polar surface area (TPSA) is 97.7 Å². The second kappa shape index (κ2) is 8.96. The minimum atomic E-state index is -0.912. The van der Waals surface area contributed by atoms with Gasteiger partial charge in [-0.05, 0) is 14.1 Å². The van der Waals surface area contributed by atoms with Crippen LogP contribution in [0.25, 0.3) is 0 Å². The molecule has 1 unspecified atom stereocenters. The van der Waals surface area contributed by atoms with Crippen LogP contribution >= 0.6 is 23.1 Å². The number of nitrogens with zero attached hydrogens (tertiary/aromatic N) is 4. The molecule has 0 amide bonds. The molecule has 1 aromatic heterocycles. The van der Waals surface area contributed by atoms with E-state index in [4.69, 9.17) is 5.73 Å². The Bertz CT molecular complexity index is 490. The second-order valence-corrected chi connectivity index (χ2v) is 7.08. The predicted octanol–water partition coefficient (Wildman–Crippen LogP) is 1.46. The van der Waals surface area contributed by atoms with Gasteiger partial charge in [0.05, 0.1) is 6.54 Å². The Hall–Kier alpha value is -1.19. The van der Waals surface area contributed by atoms with Crippen molar-refractivity contribution in [1.29, 1.82) is 0 Å². The smallest absolute Gasteiger partial charge is 0.266 e. The van der Waals surface area contributed by atoms with E-state index in [1.807, 2.05) is 20.3 Å². The summed E-state index contributed by atoms with van der Waals surface area (Å²) in [7, 11) is 4.04. The summed E-state index contributed by atoms with van der Waals surface area (Å²) >= 11 is 3.44. The molecule has 7 nitrogen and oxygen atoms in total. The molecule has 0 spiro atoms. The van der Waals surface area contributed by atoms with Gasteiger partial charge in [0.15, 0.2) is 5.84 Å². The lowest BCUT2D eigenvalue weighted by Crippen LogP contribution is -2.33. The zero-order valence-corrected chi connectivity index (χ0v) is 14.1. The molecule has 0 bridgehead atoms. The van der Waals surface area contributed by atoms with Crippen LogP contribution in [0.2, 0.25) is 0 Å². The standard InChI is InChI=1S/C12H21N5O2S2/c1-9(17(18)19)12(13)14-4-5-20-8-10-6-15-11(21-10)7-16(2)3/h6,9H,4-5,7-8H2,1-3H3,(H2,13,14). The highest BCUT2D eigenvalue weighted by atomic mass is 32.2. The van der Waals surface area contributed by atoms with Crippen molar-refractivity contribution in [2.75, 3.05) is 26.4 Å². The van der Waals surface area contributed by atoms with E-state index in [9.17, 15) is 10.1 Å². The zero-order chi connectivity index (χ0) is 15.8. The Morgan fingerprint density at radius 2 is 2.38 bits per heavy atom. The summed E-state index contributed by atoms with van der Waals surface area (Å²) in [6.45, 7) is 2.79. The Kier molecular flexibility index (Phi) is 7.62. The van der Waals surface area contributed by atoms with Crippen molar-refractivity contribution in [2.45, 2.75) is 25.3 Å². The molecule has 9 heteroatoms. The molecule has 0 saturated heterocycles. The first-order valence-electron chi connectivity index (χ1n) is 6.49. The van der Waals surface area contributed by atoms with Gasteiger partial charge < -0.3 is 10.6 Å². The lowest BCUT2D eigenvalue weighted by molar-refractivity contribution is -0.498. The quantitative estimate of drug-likeness (QED) is 0.242. The minimum Gasteiger partial charge on any atom is -0.382 e. The van der Waals surface area contributed by atoms with Gasteiger partial charge in [-0.1, -0.05) is 0 Å². The zero-order valence-electron chi connectivity index (χ0n) is 12.5. The molecule has 2 N–H and O–H groups in total. The molecule has 0 aromatic carbocycles. The fraction of sp³-hybridized carbons (Fsp3) is 0.667. The van der Waals surface area contributed by atoms with Crippen molar-refractivity contribution < 1.29 is 4.92 Å². The Morgan fingerprint density at radius 1 is 1.67 bits per heavy atom. The molecule has 0 saturated carbocycles. The average Bonchev–Trinajstić information content (AvgIpc) is 2.83. The van der Waals surface area contributed by atoms with Gasteiger partial charge in [0, 0.05) is 41.0 Å². The number of thiazole rings is 1. The van der Waals surface area contributed by atoms with Crippen LogP contribution in [0.1, 0.15) is 16.8 Å². The highest BCUT2D eigenvalue weighted by Crippen LogP contribution is 2.19. The first-order valence-corrected chi connectivity index (χ1v) is 8.46. The maximum atomic E-state index is 10.5. The molecule has 1 rings (SSSR count). The van der Waals surface area contributed by atoms with E-state index in [-0.39, 0.29) is 5.84 Å². The van der Waals surface area contributed by atoms with E-state index < -0.39 is 11.0 Å². The number of aromatic nitrogens is 1. The number of hydrogen-bond donors (Lipinski definition) is 1. The molecule has 21 heavy (non-hydrogen) atoms. The van der Waals surface area contributed by atoms with Crippen molar-refractivity contribution >= 4 is 28.9 Å². The van der Waals surface area contributed by atoms with Gasteiger partial charge in [-0.25, -0.2) is 4.98 Å². The third kappa shape index (κ3) is 6.87. The Morgan fingerprint density at radius 3 is 3.00 bits per heavy atom. The van der Waals surface area contributed by atoms with Crippen LogP contribution in [-0.2, 0) is 12.3 Å². The van der Waals surface area contributed by atoms with E-state index in [0.717, 1.165) is 23.1 Å². The molecule has 0 aliphatic rings. The molecule has 0 fully saturated rings. The predicted molar refractivity (Wildman–Crippen MR) is 88.6 cm³/mol. The summed E-state index contributed by atoms with van der Waals surface area (Å²) in [5.41, 5.74) is 5.55. The fourth-order valence-corrected chi connectivity index (χ4v) is 3.37. The molecule has 0 aliphatic carbocycles. The maximum absolute atomic E-state index is 10.5. The Labute approximate surface area is 132 Å². The number of amidine groups is 1. The lowest BCUT2D eigenvalue weighted by atomic mass is 10.3. The molecule has 0 radical (unpaired) electrons. The fourth-order valence-electron chi connectivity index (χ4n) is 1.41. The van der Waals surface area contributed by atoms with Gasteiger partial charge in [0.1, 0.15) is 5.01 Å². The lowest BCUT2D eigenvalue weighted by Gasteiger charge is -2.04. The van der Waals surface area contributed by atoms with Crippen LogP contribution < -0.4 is 5.73 Å². The number of hydrogen-bond acceptors (Lipinski definition) is 7. The molecule has 1 atom stereocenters. The molecule has 118 valence electrons. The number of aliphatic imine (C=N–C) groups is 1. The van der Waals surface area contributed by atoms with Crippen molar-refractivity contribution in [3.8, 4) is 0 Å². The van der Waals surface area contributed by atoms with Gasteiger partial charge in [-0.3, -0.25) is 15.1 Å². The first-order chi connectivity index (χ1) is 9.90. The summed E-state index contributed by atoms with van der Waals surface area (Å²) in [5.74, 6) is 1.75.